The Hall–Kier alpha value is 0.0674. The van der Waals surface area contributed by atoms with Crippen LogP contribution >= 0.6 is 0 Å². The van der Waals surface area contributed by atoms with Gasteiger partial charge in [0.2, 0.25) is 0 Å². The van der Waals surface area contributed by atoms with Gasteiger partial charge in [0.25, 0.3) is 0 Å². The molecule has 0 amide bonds. The van der Waals surface area contributed by atoms with Gasteiger partial charge in [-0.15, -0.1) is 0 Å². The predicted molar refractivity (Wildman–Crippen MR) is 51.4 cm³/mol. The average molecular weight is 165 g/mol. The molecule has 67 valence electrons. The number of carboxylic acids is 1. The van der Waals surface area contributed by atoms with Crippen LogP contribution in [0.2, 0.25) is 0 Å². The summed E-state index contributed by atoms with van der Waals surface area (Å²) in [7, 11) is 0. The Balaban J connectivity index is 0. The van der Waals surface area contributed by atoms with Crippen molar-refractivity contribution in [2.24, 2.45) is 0 Å². The second-order valence-electron chi connectivity index (χ2n) is 2.91. The van der Waals surface area contributed by atoms with E-state index in [1.165, 1.54) is 25.7 Å². The third kappa shape index (κ3) is 12.7. The molecule has 3 heteroatoms. The number of carbonyl (C=O) groups is 1. The molecule has 0 aliphatic carbocycles. The van der Waals surface area contributed by atoms with Gasteiger partial charge in [-0.3, -0.25) is 4.79 Å². The van der Waals surface area contributed by atoms with Crippen LogP contribution in [0.3, 0.4) is 0 Å². The third-order valence-corrected chi connectivity index (χ3v) is 1.74. The molecule has 0 saturated heterocycles. The first-order chi connectivity index (χ1) is 5.27. The summed E-state index contributed by atoms with van der Waals surface area (Å²) in [6.45, 7) is 2.18. The normalized spacial score (nSPS) is 9.08. The summed E-state index contributed by atoms with van der Waals surface area (Å²) in [5.74, 6) is -0.666. The Morgan fingerprint density at radius 3 is 2.08 bits per heavy atom. The Bertz CT molecular complexity index is 105. The van der Waals surface area contributed by atoms with Gasteiger partial charge in [0.1, 0.15) is 0 Å². The summed E-state index contributed by atoms with van der Waals surface area (Å²) < 4.78 is 0. The van der Waals surface area contributed by atoms with Crippen molar-refractivity contribution >= 4 is 24.8 Å². The Morgan fingerprint density at radius 2 is 1.58 bits per heavy atom. The van der Waals surface area contributed by atoms with Crippen LogP contribution in [0.1, 0.15) is 51.9 Å². The minimum Gasteiger partial charge on any atom is -0.481 e. The molecule has 1 N–H and O–H groups in total. The summed E-state index contributed by atoms with van der Waals surface area (Å²) in [6.07, 6.45) is 7.25. The van der Waals surface area contributed by atoms with Gasteiger partial charge in [0, 0.05) is 25.3 Å². The predicted octanol–water partition coefficient (Wildman–Crippen LogP) is 2.44. The molecule has 2 nitrogen and oxygen atoms in total. The van der Waals surface area contributed by atoms with Crippen LogP contribution in [0.5, 0.6) is 0 Å². The number of carboxylic acid groups (broad SMARTS) is 1. The zero-order chi connectivity index (χ0) is 8.53. The largest absolute Gasteiger partial charge is 0.481 e. The van der Waals surface area contributed by atoms with E-state index in [0.717, 1.165) is 12.8 Å². The van der Waals surface area contributed by atoms with Gasteiger partial charge in [0.05, 0.1) is 0 Å². The fraction of sp³-hybridized carbons (Fsp3) is 0.889. The molecular formula is C9H18LiO2. The summed E-state index contributed by atoms with van der Waals surface area (Å²) in [5, 5.41) is 8.32. The molecule has 0 spiro atoms. The van der Waals surface area contributed by atoms with Crippen molar-refractivity contribution in [1.82, 2.24) is 0 Å². The molecule has 1 radical (unpaired) electrons. The first kappa shape index (κ1) is 14.6. The van der Waals surface area contributed by atoms with Crippen LogP contribution in [-0.2, 0) is 4.79 Å². The molecule has 0 rings (SSSR count). The van der Waals surface area contributed by atoms with Crippen molar-refractivity contribution in [2.45, 2.75) is 51.9 Å². The Kier molecular flexibility index (Phi) is 13.5. The maximum atomic E-state index is 10.1. The number of rotatable bonds is 7. The van der Waals surface area contributed by atoms with Crippen molar-refractivity contribution in [2.75, 3.05) is 0 Å². The maximum absolute atomic E-state index is 10.1. The van der Waals surface area contributed by atoms with Crippen LogP contribution < -0.4 is 0 Å². The summed E-state index contributed by atoms with van der Waals surface area (Å²) >= 11 is 0. The molecular weight excluding hydrogens is 147 g/mol. The topological polar surface area (TPSA) is 37.3 Å². The third-order valence-electron chi connectivity index (χ3n) is 1.74. The Morgan fingerprint density at radius 1 is 1.08 bits per heavy atom. The molecule has 0 bridgehead atoms. The van der Waals surface area contributed by atoms with E-state index in [1.54, 1.807) is 0 Å². The maximum Gasteiger partial charge on any atom is 0.303 e. The average Bonchev–Trinajstić information content (AvgIpc) is 1.96. The minimum atomic E-state index is -0.666. The zero-order valence-corrected chi connectivity index (χ0v) is 8.31. The Labute approximate surface area is 86.9 Å². The zero-order valence-electron chi connectivity index (χ0n) is 8.31. The number of aliphatic carboxylic acids is 1. The van der Waals surface area contributed by atoms with E-state index >= 15 is 0 Å². The van der Waals surface area contributed by atoms with E-state index < -0.39 is 5.97 Å². The summed E-state index contributed by atoms with van der Waals surface area (Å²) in [4.78, 5) is 10.1. The van der Waals surface area contributed by atoms with Crippen LogP contribution in [0.4, 0.5) is 0 Å². The van der Waals surface area contributed by atoms with Crippen LogP contribution in [0, 0.1) is 0 Å². The van der Waals surface area contributed by atoms with E-state index in [9.17, 15) is 4.79 Å². The van der Waals surface area contributed by atoms with E-state index in [0.29, 0.717) is 6.42 Å². The quantitative estimate of drug-likeness (QED) is 0.464. The smallest absolute Gasteiger partial charge is 0.303 e. The van der Waals surface area contributed by atoms with Crippen molar-refractivity contribution in [3.63, 3.8) is 0 Å². The van der Waals surface area contributed by atoms with E-state index in [2.05, 4.69) is 6.92 Å². The minimum absolute atomic E-state index is 0. The van der Waals surface area contributed by atoms with Crippen molar-refractivity contribution < 1.29 is 9.90 Å². The number of hydrogen-bond acceptors (Lipinski definition) is 1. The van der Waals surface area contributed by atoms with E-state index in [-0.39, 0.29) is 18.9 Å². The van der Waals surface area contributed by atoms with Crippen molar-refractivity contribution in [3.05, 3.63) is 0 Å². The van der Waals surface area contributed by atoms with Gasteiger partial charge < -0.3 is 5.11 Å². The van der Waals surface area contributed by atoms with Crippen molar-refractivity contribution in [1.29, 1.82) is 0 Å². The number of unbranched alkanes of at least 4 members (excludes halogenated alkanes) is 5. The van der Waals surface area contributed by atoms with Gasteiger partial charge in [-0.1, -0.05) is 39.0 Å². The second-order valence-corrected chi connectivity index (χ2v) is 2.91. The molecule has 0 atom stereocenters. The molecule has 0 unspecified atom stereocenters. The van der Waals surface area contributed by atoms with Gasteiger partial charge >= 0.3 is 5.97 Å². The fourth-order valence-electron chi connectivity index (χ4n) is 1.06. The van der Waals surface area contributed by atoms with E-state index in [1.807, 2.05) is 0 Å². The molecule has 0 aromatic heterocycles. The first-order valence-corrected chi connectivity index (χ1v) is 4.49. The molecule has 12 heavy (non-hydrogen) atoms. The summed E-state index contributed by atoms with van der Waals surface area (Å²) in [5.41, 5.74) is 0. The van der Waals surface area contributed by atoms with Crippen LogP contribution in [-0.4, -0.2) is 29.9 Å². The molecule has 0 fully saturated rings. The second kappa shape index (κ2) is 11.1. The van der Waals surface area contributed by atoms with Gasteiger partial charge in [-0.2, -0.15) is 0 Å². The monoisotopic (exact) mass is 165 g/mol. The summed E-state index contributed by atoms with van der Waals surface area (Å²) in [6, 6.07) is 0. The molecule has 0 saturated carbocycles. The number of hydrogen-bond donors (Lipinski definition) is 1. The molecule has 0 aromatic carbocycles. The first-order valence-electron chi connectivity index (χ1n) is 4.49. The van der Waals surface area contributed by atoms with Crippen molar-refractivity contribution in [3.8, 4) is 0 Å². The molecule has 0 aromatic rings. The van der Waals surface area contributed by atoms with Gasteiger partial charge in [-0.25, -0.2) is 0 Å². The SMILES string of the molecule is CCCCCCCCC(=O)O.[Li]. The molecule has 0 aliphatic rings. The van der Waals surface area contributed by atoms with E-state index in [4.69, 9.17) is 5.11 Å². The van der Waals surface area contributed by atoms with Crippen LogP contribution in [0.25, 0.3) is 0 Å². The van der Waals surface area contributed by atoms with Gasteiger partial charge in [0.15, 0.2) is 0 Å². The standard InChI is InChI=1S/C9H18O2.Li/c1-2-3-4-5-6-7-8-9(10)11;/h2-8H2,1H3,(H,10,11);. The van der Waals surface area contributed by atoms with Gasteiger partial charge in [-0.05, 0) is 6.42 Å². The molecule has 0 heterocycles. The molecule has 0 aliphatic heterocycles. The van der Waals surface area contributed by atoms with Crippen LogP contribution in [0.15, 0.2) is 0 Å². The fourth-order valence-corrected chi connectivity index (χ4v) is 1.06.